The van der Waals surface area contributed by atoms with E-state index in [1.807, 2.05) is 0 Å². The van der Waals surface area contributed by atoms with E-state index in [0.29, 0.717) is 16.7 Å². The zero-order valence-corrected chi connectivity index (χ0v) is 10.8. The van der Waals surface area contributed by atoms with Crippen LogP contribution in [0, 0.1) is 0 Å². The molecule has 0 saturated carbocycles. The van der Waals surface area contributed by atoms with Crippen molar-refractivity contribution in [3.63, 3.8) is 0 Å². The Bertz CT molecular complexity index is 676. The largest absolute Gasteiger partial charge is 0.481 e. The first kappa shape index (κ1) is 13.1. The van der Waals surface area contributed by atoms with Crippen LogP contribution in [0.3, 0.4) is 0 Å². The molecule has 6 nitrogen and oxygen atoms in total. The quantitative estimate of drug-likeness (QED) is 0.872. The van der Waals surface area contributed by atoms with Crippen molar-refractivity contribution in [1.82, 2.24) is 9.66 Å². The topological polar surface area (TPSA) is 75.4 Å². The highest BCUT2D eigenvalue weighted by atomic mass is 16.4. The first-order chi connectivity index (χ1) is 9.00. The van der Waals surface area contributed by atoms with Gasteiger partial charge < -0.3 is 10.1 Å². The van der Waals surface area contributed by atoms with Crippen molar-refractivity contribution in [2.24, 2.45) is 0 Å². The van der Waals surface area contributed by atoms with Crippen LogP contribution in [0.1, 0.15) is 12.2 Å². The van der Waals surface area contributed by atoms with Crippen molar-refractivity contribution in [3.05, 3.63) is 40.4 Å². The molecule has 0 bridgehead atoms. The predicted molar refractivity (Wildman–Crippen MR) is 72.0 cm³/mol. The molecule has 0 saturated heterocycles. The van der Waals surface area contributed by atoms with Crippen LogP contribution in [0.2, 0.25) is 0 Å². The predicted octanol–water partition coefficient (Wildman–Crippen LogP) is 0.611. The van der Waals surface area contributed by atoms with Gasteiger partial charge in [-0.15, -0.1) is 0 Å². The van der Waals surface area contributed by atoms with Crippen LogP contribution < -0.4 is 10.6 Å². The summed E-state index contributed by atoms with van der Waals surface area (Å²) in [4.78, 5) is 27.4. The monoisotopic (exact) mass is 261 g/mol. The maximum Gasteiger partial charge on any atom is 0.303 e. The lowest BCUT2D eigenvalue weighted by atomic mass is 10.2. The summed E-state index contributed by atoms with van der Waals surface area (Å²) in [5.41, 5.74) is 0.405. The highest BCUT2D eigenvalue weighted by Gasteiger charge is 2.13. The highest BCUT2D eigenvalue weighted by Crippen LogP contribution is 2.09. The van der Waals surface area contributed by atoms with Crippen molar-refractivity contribution in [1.29, 1.82) is 0 Å². The van der Waals surface area contributed by atoms with Gasteiger partial charge >= 0.3 is 5.97 Å². The zero-order valence-electron chi connectivity index (χ0n) is 10.8. The molecule has 1 heterocycles. The van der Waals surface area contributed by atoms with E-state index in [0.717, 1.165) is 0 Å². The van der Waals surface area contributed by atoms with Gasteiger partial charge in [0.1, 0.15) is 5.82 Å². The molecule has 1 aromatic carbocycles. The van der Waals surface area contributed by atoms with E-state index in [2.05, 4.69) is 4.98 Å². The fraction of sp³-hybridized carbons (Fsp3) is 0.308. The minimum atomic E-state index is -0.910. The first-order valence-corrected chi connectivity index (χ1v) is 5.91. The molecular weight excluding hydrogens is 246 g/mol. The Kier molecular flexibility index (Phi) is 3.50. The fourth-order valence-electron chi connectivity index (χ4n) is 1.96. The number of carbonyl (C=O) groups is 1. The maximum atomic E-state index is 12.4. The molecule has 2 aromatic rings. The van der Waals surface area contributed by atoms with Crippen LogP contribution in [0.5, 0.6) is 0 Å². The van der Waals surface area contributed by atoms with Gasteiger partial charge in [0.25, 0.3) is 5.56 Å². The lowest BCUT2D eigenvalue weighted by molar-refractivity contribution is -0.137. The van der Waals surface area contributed by atoms with Crippen LogP contribution in [-0.4, -0.2) is 34.8 Å². The van der Waals surface area contributed by atoms with Gasteiger partial charge in [-0.2, -0.15) is 0 Å². The number of carboxylic acid groups (broad SMARTS) is 1. The molecule has 1 N–H and O–H groups in total. The van der Waals surface area contributed by atoms with Gasteiger partial charge in [0.15, 0.2) is 0 Å². The van der Waals surface area contributed by atoms with Crippen LogP contribution in [0.15, 0.2) is 29.1 Å². The molecule has 0 spiro atoms. The third-order valence-electron chi connectivity index (χ3n) is 2.78. The molecule has 0 amide bonds. The molecule has 0 aliphatic carbocycles. The van der Waals surface area contributed by atoms with E-state index in [4.69, 9.17) is 5.11 Å². The van der Waals surface area contributed by atoms with Crippen molar-refractivity contribution in [2.75, 3.05) is 19.1 Å². The lowest BCUT2D eigenvalue weighted by Crippen LogP contribution is -2.39. The summed E-state index contributed by atoms with van der Waals surface area (Å²) in [6.45, 7) is 0. The normalized spacial score (nSPS) is 10.6. The van der Waals surface area contributed by atoms with Gasteiger partial charge in [-0.1, -0.05) is 12.1 Å². The Labute approximate surface area is 109 Å². The Morgan fingerprint density at radius 3 is 2.68 bits per heavy atom. The zero-order chi connectivity index (χ0) is 14.0. The summed E-state index contributed by atoms with van der Waals surface area (Å²) in [7, 11) is 3.45. The maximum absolute atomic E-state index is 12.4. The van der Waals surface area contributed by atoms with Crippen molar-refractivity contribution < 1.29 is 9.90 Å². The summed E-state index contributed by atoms with van der Waals surface area (Å²) in [5.74, 6) is -0.455. The third kappa shape index (κ3) is 2.57. The second-order valence-electron chi connectivity index (χ2n) is 4.40. The standard InChI is InChI=1S/C13H15N3O3/c1-15(2)16-11(7-8-12(17)18)14-10-6-4-3-5-9(10)13(16)19/h3-6H,7-8H2,1-2H3,(H,17,18). The summed E-state index contributed by atoms with van der Waals surface area (Å²) < 4.78 is 1.41. The molecule has 0 unspecified atom stereocenters. The first-order valence-electron chi connectivity index (χ1n) is 5.91. The molecule has 0 aliphatic rings. The number of aromatic nitrogens is 2. The van der Waals surface area contributed by atoms with Gasteiger partial charge in [0, 0.05) is 20.5 Å². The van der Waals surface area contributed by atoms with Crippen LogP contribution in [0.4, 0.5) is 0 Å². The molecule has 2 rings (SSSR count). The minimum Gasteiger partial charge on any atom is -0.481 e. The van der Waals surface area contributed by atoms with Gasteiger partial charge in [-0.25, -0.2) is 9.66 Å². The van der Waals surface area contributed by atoms with E-state index >= 15 is 0 Å². The van der Waals surface area contributed by atoms with Gasteiger partial charge in [-0.05, 0) is 12.1 Å². The number of fused-ring (bicyclic) bond motifs is 1. The number of benzene rings is 1. The Balaban J connectivity index is 2.63. The molecule has 0 atom stereocenters. The number of hydrogen-bond donors (Lipinski definition) is 1. The molecular formula is C13H15N3O3. The van der Waals surface area contributed by atoms with Crippen LogP contribution >= 0.6 is 0 Å². The Hall–Kier alpha value is -2.37. The summed E-state index contributed by atoms with van der Waals surface area (Å²) >= 11 is 0. The number of para-hydroxylation sites is 1. The van der Waals surface area contributed by atoms with Crippen molar-refractivity contribution >= 4 is 16.9 Å². The summed E-state index contributed by atoms with van der Waals surface area (Å²) in [5, 5.41) is 10.9. The van der Waals surface area contributed by atoms with Gasteiger partial charge in [0.05, 0.1) is 17.3 Å². The molecule has 0 aliphatic heterocycles. The van der Waals surface area contributed by atoms with E-state index in [1.165, 1.54) is 4.68 Å². The molecule has 1 aromatic heterocycles. The lowest BCUT2D eigenvalue weighted by Gasteiger charge is -2.20. The van der Waals surface area contributed by atoms with E-state index in [-0.39, 0.29) is 18.4 Å². The average molecular weight is 261 g/mol. The second kappa shape index (κ2) is 5.09. The van der Waals surface area contributed by atoms with E-state index in [9.17, 15) is 9.59 Å². The number of aryl methyl sites for hydroxylation is 1. The minimum absolute atomic E-state index is 0.0569. The molecule has 0 radical (unpaired) electrons. The number of nitrogens with zero attached hydrogens (tertiary/aromatic N) is 3. The van der Waals surface area contributed by atoms with E-state index < -0.39 is 5.97 Å². The molecule has 19 heavy (non-hydrogen) atoms. The van der Waals surface area contributed by atoms with Gasteiger partial charge in [-0.3, -0.25) is 9.59 Å². The number of aliphatic carboxylic acids is 1. The number of rotatable bonds is 4. The molecule has 100 valence electrons. The fourth-order valence-corrected chi connectivity index (χ4v) is 1.96. The Morgan fingerprint density at radius 2 is 2.05 bits per heavy atom. The van der Waals surface area contributed by atoms with Crippen molar-refractivity contribution in [3.8, 4) is 0 Å². The van der Waals surface area contributed by atoms with Crippen molar-refractivity contribution in [2.45, 2.75) is 12.8 Å². The van der Waals surface area contributed by atoms with Crippen LogP contribution in [-0.2, 0) is 11.2 Å². The number of carboxylic acids is 1. The second-order valence-corrected chi connectivity index (χ2v) is 4.40. The number of hydrogen-bond acceptors (Lipinski definition) is 4. The Morgan fingerprint density at radius 1 is 1.37 bits per heavy atom. The molecule has 6 heteroatoms. The third-order valence-corrected chi connectivity index (χ3v) is 2.78. The van der Waals surface area contributed by atoms with Gasteiger partial charge in [0.2, 0.25) is 0 Å². The SMILES string of the molecule is CN(C)n1c(CCC(=O)O)nc2ccccc2c1=O. The highest BCUT2D eigenvalue weighted by molar-refractivity contribution is 5.77. The molecule has 0 fully saturated rings. The van der Waals surface area contributed by atoms with E-state index in [1.54, 1.807) is 43.4 Å². The smallest absolute Gasteiger partial charge is 0.303 e. The summed E-state index contributed by atoms with van der Waals surface area (Å²) in [6, 6.07) is 7.05. The average Bonchev–Trinajstić information content (AvgIpc) is 2.36. The van der Waals surface area contributed by atoms with Crippen LogP contribution in [0.25, 0.3) is 10.9 Å². The summed E-state index contributed by atoms with van der Waals surface area (Å²) in [6.07, 6.45) is 0.159.